The Labute approximate surface area is 82.3 Å². The number of hydrogen-bond acceptors (Lipinski definition) is 1. The van der Waals surface area contributed by atoms with E-state index in [2.05, 4.69) is 12.2 Å². The van der Waals surface area contributed by atoms with Crippen LogP contribution in [0.2, 0.25) is 0 Å². The molecule has 2 rings (SSSR count). The van der Waals surface area contributed by atoms with Crippen molar-refractivity contribution in [3.63, 3.8) is 0 Å². The normalized spacial score (nSPS) is 25.6. The van der Waals surface area contributed by atoms with Gasteiger partial charge in [0.05, 0.1) is 0 Å². The highest BCUT2D eigenvalue weighted by Crippen LogP contribution is 2.34. The Hall–Kier alpha value is -0.0400. The Balaban J connectivity index is 1.54. The smallest absolute Gasteiger partial charge is 0.00927 e. The van der Waals surface area contributed by atoms with Crippen LogP contribution in [0.4, 0.5) is 0 Å². The molecule has 0 aromatic rings. The van der Waals surface area contributed by atoms with Gasteiger partial charge in [-0.25, -0.2) is 0 Å². The van der Waals surface area contributed by atoms with Gasteiger partial charge in [-0.3, -0.25) is 0 Å². The first-order valence-electron chi connectivity index (χ1n) is 6.13. The summed E-state index contributed by atoms with van der Waals surface area (Å²) >= 11 is 0. The average Bonchev–Trinajstić information content (AvgIpc) is 2.84. The second kappa shape index (κ2) is 4.45. The van der Waals surface area contributed by atoms with Crippen LogP contribution in [0, 0.1) is 11.8 Å². The minimum Gasteiger partial charge on any atom is -0.314 e. The Bertz CT molecular complexity index is 147. The van der Waals surface area contributed by atoms with E-state index in [1.54, 1.807) is 0 Å². The second-order valence-corrected chi connectivity index (χ2v) is 4.89. The maximum absolute atomic E-state index is 3.73. The highest BCUT2D eigenvalue weighted by Gasteiger charge is 2.29. The number of hydrogen-bond donors (Lipinski definition) is 1. The van der Waals surface area contributed by atoms with Crippen LogP contribution in [0.25, 0.3) is 0 Å². The molecule has 1 atom stereocenters. The Morgan fingerprint density at radius 1 is 1.23 bits per heavy atom. The first-order valence-corrected chi connectivity index (χ1v) is 6.13. The molecule has 0 radical (unpaired) electrons. The Kier molecular flexibility index (Phi) is 3.26. The van der Waals surface area contributed by atoms with Crippen LogP contribution in [-0.4, -0.2) is 12.6 Å². The molecule has 0 aromatic carbocycles. The quantitative estimate of drug-likeness (QED) is 0.664. The largest absolute Gasteiger partial charge is 0.314 e. The molecule has 76 valence electrons. The molecule has 0 heterocycles. The molecule has 1 unspecified atom stereocenters. The fourth-order valence-electron chi connectivity index (χ4n) is 2.40. The molecule has 0 saturated heterocycles. The van der Waals surface area contributed by atoms with Crippen molar-refractivity contribution in [2.75, 3.05) is 6.54 Å². The van der Waals surface area contributed by atoms with Gasteiger partial charge in [-0.15, -0.1) is 0 Å². The maximum Gasteiger partial charge on any atom is 0.00927 e. The topological polar surface area (TPSA) is 12.0 Å². The lowest BCUT2D eigenvalue weighted by atomic mass is 9.83. The Morgan fingerprint density at radius 2 is 2.00 bits per heavy atom. The van der Waals surface area contributed by atoms with E-state index in [9.17, 15) is 0 Å². The monoisotopic (exact) mass is 181 g/mol. The lowest BCUT2D eigenvalue weighted by molar-refractivity contribution is 0.283. The molecule has 2 aliphatic carbocycles. The SMILES string of the molecule is CCC(NCCC1CCC1)C1CC1. The van der Waals surface area contributed by atoms with Crippen molar-refractivity contribution in [1.82, 2.24) is 5.32 Å². The lowest BCUT2D eigenvalue weighted by Crippen LogP contribution is -2.32. The predicted molar refractivity (Wildman–Crippen MR) is 56.8 cm³/mol. The lowest BCUT2D eigenvalue weighted by Gasteiger charge is -2.26. The third kappa shape index (κ3) is 2.70. The summed E-state index contributed by atoms with van der Waals surface area (Å²) in [6.45, 7) is 3.60. The van der Waals surface area contributed by atoms with Gasteiger partial charge in [-0.2, -0.15) is 0 Å². The molecular weight excluding hydrogens is 158 g/mol. The van der Waals surface area contributed by atoms with Crippen LogP contribution in [-0.2, 0) is 0 Å². The fraction of sp³-hybridized carbons (Fsp3) is 1.00. The molecule has 2 aliphatic rings. The van der Waals surface area contributed by atoms with Crippen LogP contribution >= 0.6 is 0 Å². The molecule has 2 saturated carbocycles. The Morgan fingerprint density at radius 3 is 2.46 bits per heavy atom. The second-order valence-electron chi connectivity index (χ2n) is 4.89. The molecule has 0 amide bonds. The summed E-state index contributed by atoms with van der Waals surface area (Å²) in [5.74, 6) is 2.11. The van der Waals surface area contributed by atoms with Crippen LogP contribution in [0.3, 0.4) is 0 Å². The van der Waals surface area contributed by atoms with Crippen molar-refractivity contribution in [2.24, 2.45) is 11.8 Å². The minimum atomic E-state index is 0.847. The summed E-state index contributed by atoms with van der Waals surface area (Å²) in [5.41, 5.74) is 0. The highest BCUT2D eigenvalue weighted by atomic mass is 14.9. The maximum atomic E-state index is 3.73. The summed E-state index contributed by atoms with van der Waals surface area (Å²) in [6, 6.07) is 0.847. The van der Waals surface area contributed by atoms with Crippen LogP contribution in [0.15, 0.2) is 0 Å². The third-order valence-electron chi connectivity index (χ3n) is 3.81. The molecular formula is C12H23N. The van der Waals surface area contributed by atoms with Crippen molar-refractivity contribution in [2.45, 2.75) is 57.9 Å². The molecule has 0 spiro atoms. The van der Waals surface area contributed by atoms with E-state index >= 15 is 0 Å². The standard InChI is InChI=1S/C12H23N/c1-2-12(11-6-7-11)13-9-8-10-4-3-5-10/h10-13H,2-9H2,1H3. The number of nitrogens with one attached hydrogen (secondary N) is 1. The van der Waals surface area contributed by atoms with Crippen molar-refractivity contribution in [3.8, 4) is 0 Å². The van der Waals surface area contributed by atoms with Gasteiger partial charge >= 0.3 is 0 Å². The molecule has 0 bridgehead atoms. The van der Waals surface area contributed by atoms with Crippen molar-refractivity contribution in [1.29, 1.82) is 0 Å². The van der Waals surface area contributed by atoms with E-state index in [0.717, 1.165) is 17.9 Å². The molecule has 13 heavy (non-hydrogen) atoms. The molecule has 1 heteroatoms. The van der Waals surface area contributed by atoms with Gasteiger partial charge in [0, 0.05) is 6.04 Å². The van der Waals surface area contributed by atoms with Gasteiger partial charge in [0.25, 0.3) is 0 Å². The zero-order chi connectivity index (χ0) is 9.10. The summed E-state index contributed by atoms with van der Waals surface area (Å²) in [5, 5.41) is 3.73. The van der Waals surface area contributed by atoms with Crippen LogP contribution < -0.4 is 5.32 Å². The molecule has 0 aromatic heterocycles. The van der Waals surface area contributed by atoms with E-state index < -0.39 is 0 Å². The molecule has 0 aliphatic heterocycles. The van der Waals surface area contributed by atoms with Gasteiger partial charge in [0.1, 0.15) is 0 Å². The predicted octanol–water partition coefficient (Wildman–Crippen LogP) is 2.95. The van der Waals surface area contributed by atoms with Crippen molar-refractivity contribution < 1.29 is 0 Å². The van der Waals surface area contributed by atoms with Crippen molar-refractivity contribution in [3.05, 3.63) is 0 Å². The van der Waals surface area contributed by atoms with Gasteiger partial charge in [0.15, 0.2) is 0 Å². The summed E-state index contributed by atoms with van der Waals surface area (Å²) in [4.78, 5) is 0. The molecule has 1 nitrogen and oxygen atoms in total. The van der Waals surface area contributed by atoms with Gasteiger partial charge in [-0.1, -0.05) is 26.2 Å². The first kappa shape index (κ1) is 9.51. The van der Waals surface area contributed by atoms with Gasteiger partial charge < -0.3 is 5.32 Å². The van der Waals surface area contributed by atoms with Gasteiger partial charge in [0.2, 0.25) is 0 Å². The van der Waals surface area contributed by atoms with Gasteiger partial charge in [-0.05, 0) is 44.1 Å². The van der Waals surface area contributed by atoms with E-state index in [1.807, 2.05) is 0 Å². The fourth-order valence-corrected chi connectivity index (χ4v) is 2.40. The minimum absolute atomic E-state index is 0.847. The summed E-state index contributed by atoms with van der Waals surface area (Å²) < 4.78 is 0. The summed E-state index contributed by atoms with van der Waals surface area (Å²) in [7, 11) is 0. The zero-order valence-electron chi connectivity index (χ0n) is 8.89. The van der Waals surface area contributed by atoms with Crippen molar-refractivity contribution >= 4 is 0 Å². The van der Waals surface area contributed by atoms with E-state index in [4.69, 9.17) is 0 Å². The molecule has 1 N–H and O–H groups in total. The van der Waals surface area contributed by atoms with E-state index in [0.29, 0.717) is 0 Å². The van der Waals surface area contributed by atoms with E-state index in [-0.39, 0.29) is 0 Å². The highest BCUT2D eigenvalue weighted by molar-refractivity contribution is 4.85. The van der Waals surface area contributed by atoms with E-state index in [1.165, 1.54) is 51.5 Å². The summed E-state index contributed by atoms with van der Waals surface area (Å²) in [6.07, 6.45) is 10.2. The molecule has 2 fully saturated rings. The number of rotatable bonds is 6. The third-order valence-corrected chi connectivity index (χ3v) is 3.81. The average molecular weight is 181 g/mol. The van der Waals surface area contributed by atoms with Crippen LogP contribution in [0.5, 0.6) is 0 Å². The van der Waals surface area contributed by atoms with Crippen LogP contribution in [0.1, 0.15) is 51.9 Å². The first-order chi connectivity index (χ1) is 6.40. The zero-order valence-corrected chi connectivity index (χ0v) is 8.89.